The van der Waals surface area contributed by atoms with Gasteiger partial charge in [0.25, 0.3) is 5.91 Å². The Hall–Kier alpha value is -2.27. The first-order valence-corrected chi connectivity index (χ1v) is 7.95. The topological polar surface area (TPSA) is 63.5 Å². The van der Waals surface area contributed by atoms with Crippen LogP contribution >= 0.6 is 0 Å². The number of benzene rings is 1. The molecule has 122 valence electrons. The molecule has 1 saturated carbocycles. The van der Waals surface area contributed by atoms with Crippen LogP contribution in [0.3, 0.4) is 0 Å². The molecule has 5 nitrogen and oxygen atoms in total. The Bertz CT molecular complexity index is 659. The predicted octanol–water partition coefficient (Wildman–Crippen LogP) is 2.69. The van der Waals surface area contributed by atoms with Gasteiger partial charge in [0, 0.05) is 18.8 Å². The third-order valence-corrected chi connectivity index (χ3v) is 4.19. The maximum atomic E-state index is 12.6. The van der Waals surface area contributed by atoms with Crippen molar-refractivity contribution in [1.29, 1.82) is 0 Å². The van der Waals surface area contributed by atoms with Crippen molar-refractivity contribution in [1.82, 2.24) is 9.88 Å². The molecule has 3 rings (SSSR count). The van der Waals surface area contributed by atoms with Gasteiger partial charge in [-0.2, -0.15) is 0 Å². The Morgan fingerprint density at radius 1 is 1.35 bits per heavy atom. The number of nitrogens with one attached hydrogen (secondary N) is 1. The highest BCUT2D eigenvalue weighted by atomic mass is 16.5. The minimum Gasteiger partial charge on any atom is -0.497 e. The summed E-state index contributed by atoms with van der Waals surface area (Å²) in [6.45, 7) is 0.0145. The summed E-state index contributed by atoms with van der Waals surface area (Å²) in [6.07, 6.45) is 4.70. The van der Waals surface area contributed by atoms with Gasteiger partial charge in [0.15, 0.2) is 0 Å². The fourth-order valence-corrected chi connectivity index (χ4v) is 2.78. The largest absolute Gasteiger partial charge is 0.497 e. The molecule has 1 aromatic carbocycles. The minimum atomic E-state index is -0.221. The maximum absolute atomic E-state index is 12.6. The number of amides is 1. The number of aromatic nitrogens is 1. The minimum absolute atomic E-state index is 0.0145. The molecule has 23 heavy (non-hydrogen) atoms. The van der Waals surface area contributed by atoms with Crippen LogP contribution in [0.1, 0.15) is 47.4 Å². The van der Waals surface area contributed by atoms with E-state index in [-0.39, 0.29) is 18.6 Å². The molecule has 1 amide bonds. The van der Waals surface area contributed by atoms with Crippen molar-refractivity contribution in [2.75, 3.05) is 13.7 Å². The van der Waals surface area contributed by atoms with Crippen LogP contribution in [-0.2, 0) is 0 Å². The molecule has 0 saturated heterocycles. The molecule has 2 aromatic rings. The van der Waals surface area contributed by atoms with Gasteiger partial charge in [0.2, 0.25) is 0 Å². The molecular formula is C18H22N2O3. The van der Waals surface area contributed by atoms with Crippen LogP contribution in [0.5, 0.6) is 5.75 Å². The van der Waals surface area contributed by atoms with Crippen molar-refractivity contribution in [3.63, 3.8) is 0 Å². The van der Waals surface area contributed by atoms with Crippen molar-refractivity contribution in [2.24, 2.45) is 0 Å². The number of carbonyl (C=O) groups is 1. The third-order valence-electron chi connectivity index (χ3n) is 4.19. The van der Waals surface area contributed by atoms with Crippen LogP contribution in [-0.4, -0.2) is 29.3 Å². The Labute approximate surface area is 135 Å². The molecule has 1 atom stereocenters. The smallest absolute Gasteiger partial charge is 0.268 e. The van der Waals surface area contributed by atoms with Crippen LogP contribution in [0.15, 0.2) is 42.6 Å². The van der Waals surface area contributed by atoms with Crippen molar-refractivity contribution < 1.29 is 14.6 Å². The van der Waals surface area contributed by atoms with Crippen LogP contribution in [0.2, 0.25) is 0 Å². The summed E-state index contributed by atoms with van der Waals surface area (Å²) in [7, 11) is 1.62. The Morgan fingerprint density at radius 3 is 2.70 bits per heavy atom. The van der Waals surface area contributed by atoms with E-state index in [0.717, 1.165) is 24.2 Å². The van der Waals surface area contributed by atoms with Gasteiger partial charge in [-0.05, 0) is 49.1 Å². The Morgan fingerprint density at radius 2 is 2.09 bits per heavy atom. The van der Waals surface area contributed by atoms with Gasteiger partial charge in [0.1, 0.15) is 11.4 Å². The van der Waals surface area contributed by atoms with E-state index < -0.39 is 0 Å². The van der Waals surface area contributed by atoms with Crippen LogP contribution in [0.25, 0.3) is 0 Å². The molecule has 0 aliphatic heterocycles. The van der Waals surface area contributed by atoms with Crippen LogP contribution in [0, 0.1) is 0 Å². The molecule has 1 unspecified atom stereocenters. The molecule has 0 bridgehead atoms. The number of rotatable bonds is 7. The van der Waals surface area contributed by atoms with E-state index in [1.54, 1.807) is 7.11 Å². The fraction of sp³-hybridized carbons (Fsp3) is 0.389. The lowest BCUT2D eigenvalue weighted by Crippen LogP contribution is -2.30. The molecule has 1 aromatic heterocycles. The predicted molar refractivity (Wildman–Crippen MR) is 87.6 cm³/mol. The highest BCUT2D eigenvalue weighted by Gasteiger charge is 2.27. The molecule has 1 aliphatic rings. The monoisotopic (exact) mass is 314 g/mol. The summed E-state index contributed by atoms with van der Waals surface area (Å²) >= 11 is 0. The van der Waals surface area contributed by atoms with Gasteiger partial charge in [-0.25, -0.2) is 0 Å². The van der Waals surface area contributed by atoms with E-state index in [0.29, 0.717) is 18.2 Å². The van der Waals surface area contributed by atoms with E-state index >= 15 is 0 Å². The zero-order chi connectivity index (χ0) is 16.2. The van der Waals surface area contributed by atoms with E-state index in [1.807, 2.05) is 47.2 Å². The highest BCUT2D eigenvalue weighted by molar-refractivity contribution is 5.93. The SMILES string of the molecule is COc1ccc(C(CCO)NC(=O)c2cccn2C2CC2)cc1. The van der Waals surface area contributed by atoms with Crippen molar-refractivity contribution >= 4 is 5.91 Å². The molecule has 1 aliphatic carbocycles. The first-order valence-electron chi connectivity index (χ1n) is 7.95. The molecule has 0 spiro atoms. The van der Waals surface area contributed by atoms with E-state index in [2.05, 4.69) is 5.32 Å². The molecule has 5 heteroatoms. The first kappa shape index (κ1) is 15.6. The highest BCUT2D eigenvalue weighted by Crippen LogP contribution is 2.36. The van der Waals surface area contributed by atoms with Gasteiger partial charge >= 0.3 is 0 Å². The number of hydrogen-bond donors (Lipinski definition) is 2. The molecule has 2 N–H and O–H groups in total. The zero-order valence-electron chi connectivity index (χ0n) is 13.2. The fourth-order valence-electron chi connectivity index (χ4n) is 2.78. The molecule has 1 heterocycles. The summed E-state index contributed by atoms with van der Waals surface area (Å²) in [5.41, 5.74) is 1.64. The average molecular weight is 314 g/mol. The molecule has 0 radical (unpaired) electrons. The standard InChI is InChI=1S/C18H22N2O3/c1-23-15-8-4-13(5-9-15)16(10-12-21)19-18(22)17-3-2-11-20(17)14-6-7-14/h2-5,8-9,11,14,16,21H,6-7,10,12H2,1H3,(H,19,22). The second-order valence-electron chi connectivity index (χ2n) is 5.84. The Balaban J connectivity index is 1.75. The maximum Gasteiger partial charge on any atom is 0.268 e. The normalized spacial score (nSPS) is 15.2. The number of nitrogens with zero attached hydrogens (tertiary/aromatic N) is 1. The van der Waals surface area contributed by atoms with Crippen LogP contribution in [0.4, 0.5) is 0 Å². The summed E-state index contributed by atoms with van der Waals surface area (Å²) in [5, 5.41) is 12.4. The summed E-state index contributed by atoms with van der Waals surface area (Å²) in [4.78, 5) is 12.6. The van der Waals surface area contributed by atoms with Gasteiger partial charge < -0.3 is 19.7 Å². The number of hydrogen-bond acceptors (Lipinski definition) is 3. The molecular weight excluding hydrogens is 292 g/mol. The van der Waals surface area contributed by atoms with Crippen molar-refractivity contribution in [3.05, 3.63) is 53.9 Å². The van der Waals surface area contributed by atoms with E-state index in [4.69, 9.17) is 4.74 Å². The third kappa shape index (κ3) is 3.56. The van der Waals surface area contributed by atoms with E-state index in [1.165, 1.54) is 0 Å². The van der Waals surface area contributed by atoms with Crippen molar-refractivity contribution in [3.8, 4) is 5.75 Å². The summed E-state index contributed by atoms with van der Waals surface area (Å²) < 4.78 is 7.20. The number of carbonyl (C=O) groups excluding carboxylic acids is 1. The number of methoxy groups -OCH3 is 1. The van der Waals surface area contributed by atoms with Gasteiger partial charge in [0.05, 0.1) is 13.2 Å². The van der Waals surface area contributed by atoms with E-state index in [9.17, 15) is 9.90 Å². The lowest BCUT2D eigenvalue weighted by Gasteiger charge is -2.19. The second-order valence-corrected chi connectivity index (χ2v) is 5.84. The number of ether oxygens (including phenoxy) is 1. The lowest BCUT2D eigenvalue weighted by molar-refractivity contribution is 0.0920. The average Bonchev–Trinajstić information content (AvgIpc) is 3.31. The van der Waals surface area contributed by atoms with Crippen LogP contribution < -0.4 is 10.1 Å². The number of aliphatic hydroxyl groups excluding tert-OH is 1. The van der Waals surface area contributed by atoms with Gasteiger partial charge in [-0.3, -0.25) is 4.79 Å². The van der Waals surface area contributed by atoms with Gasteiger partial charge in [-0.1, -0.05) is 12.1 Å². The first-order chi connectivity index (χ1) is 11.2. The Kier molecular flexibility index (Phi) is 4.67. The quantitative estimate of drug-likeness (QED) is 0.826. The summed E-state index contributed by atoms with van der Waals surface area (Å²) in [6, 6.07) is 11.5. The summed E-state index contributed by atoms with van der Waals surface area (Å²) in [5.74, 6) is 0.668. The number of aliphatic hydroxyl groups is 1. The van der Waals surface area contributed by atoms with Crippen molar-refractivity contribution in [2.45, 2.75) is 31.3 Å². The molecule has 1 fully saturated rings. The zero-order valence-corrected chi connectivity index (χ0v) is 13.2. The van der Waals surface area contributed by atoms with Gasteiger partial charge in [-0.15, -0.1) is 0 Å². The second kappa shape index (κ2) is 6.87. The lowest BCUT2D eigenvalue weighted by atomic mass is 10.0.